The highest BCUT2D eigenvalue weighted by Crippen LogP contribution is 2.49. The van der Waals surface area contributed by atoms with Gasteiger partial charge in [-0.2, -0.15) is 0 Å². The molecule has 2 heteroatoms. The minimum Gasteiger partial charge on any atom is -0.455 e. The molecule has 54 heavy (non-hydrogen) atoms. The monoisotopic (exact) mass is 702 g/mol. The lowest BCUT2D eigenvalue weighted by atomic mass is 9.83. The maximum absolute atomic E-state index is 6.74. The van der Waals surface area contributed by atoms with Crippen molar-refractivity contribution in [3.63, 3.8) is 0 Å². The van der Waals surface area contributed by atoms with Gasteiger partial charge < -0.3 is 4.42 Å². The predicted molar refractivity (Wildman–Crippen MR) is 233 cm³/mol. The number of benzene rings is 10. The molecule has 12 aromatic rings. The third kappa shape index (κ3) is 4.20. The van der Waals surface area contributed by atoms with Gasteiger partial charge in [0.2, 0.25) is 0 Å². The van der Waals surface area contributed by atoms with Crippen LogP contribution in [0, 0.1) is 0 Å². The van der Waals surface area contributed by atoms with E-state index >= 15 is 0 Å². The summed E-state index contributed by atoms with van der Waals surface area (Å²) in [5, 5.41) is 14.9. The van der Waals surface area contributed by atoms with E-state index in [1.54, 1.807) is 0 Å². The van der Waals surface area contributed by atoms with Gasteiger partial charge in [-0.25, -0.2) is 0 Å². The fourth-order valence-corrected chi connectivity index (χ4v) is 10.3. The van der Waals surface area contributed by atoms with E-state index in [4.69, 9.17) is 4.42 Å². The number of furan rings is 1. The van der Waals surface area contributed by atoms with Gasteiger partial charge in [0.15, 0.2) is 5.58 Å². The second kappa shape index (κ2) is 11.4. The summed E-state index contributed by atoms with van der Waals surface area (Å²) < 4.78 is 9.24. The molecule has 0 aliphatic heterocycles. The van der Waals surface area contributed by atoms with E-state index < -0.39 is 0 Å². The molecule has 0 spiro atoms. The second-order valence-electron chi connectivity index (χ2n) is 14.3. The van der Waals surface area contributed by atoms with Crippen LogP contribution >= 0.6 is 11.3 Å². The van der Waals surface area contributed by atoms with E-state index in [1.165, 1.54) is 102 Å². The smallest absolute Gasteiger partial charge is 0.153 e. The number of hydrogen-bond donors (Lipinski definition) is 0. The van der Waals surface area contributed by atoms with Crippen molar-refractivity contribution >= 4 is 96.5 Å². The summed E-state index contributed by atoms with van der Waals surface area (Å²) in [6.07, 6.45) is 0. The van der Waals surface area contributed by atoms with Crippen molar-refractivity contribution in [2.75, 3.05) is 0 Å². The summed E-state index contributed by atoms with van der Waals surface area (Å²) in [6.45, 7) is 0. The molecule has 0 bridgehead atoms. The van der Waals surface area contributed by atoms with E-state index in [0.29, 0.717) is 0 Å². The summed E-state index contributed by atoms with van der Waals surface area (Å²) in [6, 6.07) is 66.8. The molecule has 0 N–H and O–H groups in total. The quantitative estimate of drug-likeness (QED) is 0.167. The molecule has 2 heterocycles. The molecule has 0 fully saturated rings. The molecule has 1 nitrogen and oxygen atoms in total. The number of rotatable bonds is 3. The Hall–Kier alpha value is -6.74. The molecule has 0 unspecified atom stereocenters. The van der Waals surface area contributed by atoms with Crippen molar-refractivity contribution in [3.8, 4) is 33.4 Å². The molecule has 0 radical (unpaired) electrons. The number of hydrogen-bond acceptors (Lipinski definition) is 2. The predicted octanol–water partition coefficient (Wildman–Crippen LogP) is 15.6. The van der Waals surface area contributed by atoms with Crippen LogP contribution in [-0.4, -0.2) is 0 Å². The standard InChI is InChI=1S/C52H30OS/c1-2-13-32-30-33(25-24-31(32)12-1)48-39-17-5-7-19-41(39)49(42-20-8-6-18-40(42)48)43-27-26-36(34-14-3-4-15-35(34)43)38-21-11-22-46-50(38)45-29-28-44-37-16-9-10-23-47(37)54-52(44)51(45)53-46/h1-30H. The molecule has 12 rings (SSSR count). The molecule has 250 valence electrons. The molecular weight excluding hydrogens is 673 g/mol. The van der Waals surface area contributed by atoms with Gasteiger partial charge in [-0.15, -0.1) is 11.3 Å². The van der Waals surface area contributed by atoms with Gasteiger partial charge in [0.25, 0.3) is 0 Å². The topological polar surface area (TPSA) is 13.1 Å². The van der Waals surface area contributed by atoms with Crippen molar-refractivity contribution < 1.29 is 4.42 Å². The summed E-state index contributed by atoms with van der Waals surface area (Å²) in [4.78, 5) is 0. The van der Waals surface area contributed by atoms with Gasteiger partial charge >= 0.3 is 0 Å². The first-order valence-corrected chi connectivity index (χ1v) is 19.3. The Kier molecular flexibility index (Phi) is 6.28. The molecule has 10 aromatic carbocycles. The lowest BCUT2D eigenvalue weighted by molar-refractivity contribution is 0.673. The van der Waals surface area contributed by atoms with Gasteiger partial charge in [-0.1, -0.05) is 158 Å². The Morgan fingerprint density at radius 2 is 0.944 bits per heavy atom. The molecule has 0 aliphatic rings. The normalized spacial score (nSPS) is 12.1. The van der Waals surface area contributed by atoms with Crippen molar-refractivity contribution in [2.45, 2.75) is 0 Å². The highest BCUT2D eigenvalue weighted by atomic mass is 32.1. The highest BCUT2D eigenvalue weighted by Gasteiger charge is 2.21. The number of thiophene rings is 1. The molecule has 0 saturated heterocycles. The van der Waals surface area contributed by atoms with Crippen molar-refractivity contribution in [3.05, 3.63) is 182 Å². The molecule has 2 aromatic heterocycles. The van der Waals surface area contributed by atoms with Crippen LogP contribution < -0.4 is 0 Å². The van der Waals surface area contributed by atoms with Gasteiger partial charge in [-0.3, -0.25) is 0 Å². The molecule has 0 aliphatic carbocycles. The summed E-state index contributed by atoms with van der Waals surface area (Å²) in [5.41, 5.74) is 9.32. The first-order valence-electron chi connectivity index (χ1n) is 18.5. The highest BCUT2D eigenvalue weighted by molar-refractivity contribution is 7.26. The average Bonchev–Trinajstić information content (AvgIpc) is 3.81. The zero-order chi connectivity index (χ0) is 35.3. The zero-order valence-corrected chi connectivity index (χ0v) is 30.0. The Morgan fingerprint density at radius 1 is 0.352 bits per heavy atom. The largest absolute Gasteiger partial charge is 0.455 e. The molecule has 0 atom stereocenters. The second-order valence-corrected chi connectivity index (χ2v) is 15.4. The lowest BCUT2D eigenvalue weighted by Crippen LogP contribution is -1.92. The molecule has 0 amide bonds. The summed E-state index contributed by atoms with van der Waals surface area (Å²) >= 11 is 1.82. The molecular formula is C52H30OS. The van der Waals surface area contributed by atoms with Crippen molar-refractivity contribution in [2.24, 2.45) is 0 Å². The van der Waals surface area contributed by atoms with Gasteiger partial charge in [0, 0.05) is 26.2 Å². The van der Waals surface area contributed by atoms with Gasteiger partial charge in [0.1, 0.15) is 5.58 Å². The van der Waals surface area contributed by atoms with Crippen LogP contribution in [0.2, 0.25) is 0 Å². The van der Waals surface area contributed by atoms with Crippen LogP contribution in [0.25, 0.3) is 119 Å². The third-order valence-electron chi connectivity index (χ3n) is 11.5. The van der Waals surface area contributed by atoms with E-state index in [9.17, 15) is 0 Å². The Labute approximate surface area is 314 Å². The van der Waals surface area contributed by atoms with E-state index in [2.05, 4.69) is 182 Å². The third-order valence-corrected chi connectivity index (χ3v) is 12.6. The maximum Gasteiger partial charge on any atom is 0.153 e. The zero-order valence-electron chi connectivity index (χ0n) is 29.1. The first kappa shape index (κ1) is 29.8. The van der Waals surface area contributed by atoms with Crippen LogP contribution in [-0.2, 0) is 0 Å². The Morgan fingerprint density at radius 3 is 1.70 bits per heavy atom. The average molecular weight is 703 g/mol. The fourth-order valence-electron chi connectivity index (χ4n) is 9.12. The van der Waals surface area contributed by atoms with E-state index in [0.717, 1.165) is 16.6 Å². The minimum absolute atomic E-state index is 0.918. The van der Waals surface area contributed by atoms with Crippen LogP contribution in [0.15, 0.2) is 186 Å². The van der Waals surface area contributed by atoms with Gasteiger partial charge in [-0.05, 0) is 101 Å². The van der Waals surface area contributed by atoms with Crippen molar-refractivity contribution in [1.29, 1.82) is 0 Å². The Balaban J connectivity index is 1.12. The summed E-state index contributed by atoms with van der Waals surface area (Å²) in [5.74, 6) is 0. The number of fused-ring (bicyclic) bond motifs is 11. The first-order chi connectivity index (χ1) is 26.8. The SMILES string of the molecule is c1ccc2cc(-c3c4ccccc4c(-c4ccc(-c5cccc6oc7c(ccc8c9ccccc9sc87)c56)c5ccccc45)c4ccccc34)ccc2c1. The Bertz CT molecular complexity index is 3450. The van der Waals surface area contributed by atoms with Crippen LogP contribution in [0.5, 0.6) is 0 Å². The van der Waals surface area contributed by atoms with E-state index in [-0.39, 0.29) is 0 Å². The maximum atomic E-state index is 6.74. The molecule has 0 saturated carbocycles. The van der Waals surface area contributed by atoms with Crippen molar-refractivity contribution in [1.82, 2.24) is 0 Å². The van der Waals surface area contributed by atoms with Gasteiger partial charge in [0.05, 0.1) is 4.70 Å². The van der Waals surface area contributed by atoms with E-state index in [1.807, 2.05) is 11.3 Å². The fraction of sp³-hybridized carbons (Fsp3) is 0. The van der Waals surface area contributed by atoms with Crippen LogP contribution in [0.3, 0.4) is 0 Å². The van der Waals surface area contributed by atoms with Crippen LogP contribution in [0.1, 0.15) is 0 Å². The van der Waals surface area contributed by atoms with Crippen LogP contribution in [0.4, 0.5) is 0 Å². The summed E-state index contributed by atoms with van der Waals surface area (Å²) in [7, 11) is 0. The minimum atomic E-state index is 0.918. The lowest BCUT2D eigenvalue weighted by Gasteiger charge is -2.20.